The van der Waals surface area contributed by atoms with Crippen molar-refractivity contribution in [2.45, 2.75) is 24.6 Å². The van der Waals surface area contributed by atoms with Crippen LogP contribution < -0.4 is 15.0 Å². The molecule has 0 aliphatic carbocycles. The van der Waals surface area contributed by atoms with E-state index in [1.54, 1.807) is 13.3 Å². The van der Waals surface area contributed by atoms with Crippen molar-refractivity contribution >= 4 is 23.5 Å². The van der Waals surface area contributed by atoms with Gasteiger partial charge in [0.25, 0.3) is 5.22 Å². The number of ether oxygens (including phenoxy) is 1. The first kappa shape index (κ1) is 20.2. The number of carbonyl (C=O) groups excluding carboxylic acids is 1. The van der Waals surface area contributed by atoms with Crippen LogP contribution in [-0.4, -0.2) is 47.0 Å². The molecule has 1 amide bonds. The van der Waals surface area contributed by atoms with Crippen molar-refractivity contribution in [1.82, 2.24) is 20.5 Å². The van der Waals surface area contributed by atoms with Gasteiger partial charge in [0.2, 0.25) is 11.8 Å². The average molecular weight is 426 g/mol. The van der Waals surface area contributed by atoms with E-state index in [9.17, 15) is 4.79 Å². The molecule has 156 valence electrons. The van der Waals surface area contributed by atoms with Gasteiger partial charge in [0.05, 0.1) is 12.9 Å². The van der Waals surface area contributed by atoms with Crippen LogP contribution in [0.5, 0.6) is 5.75 Å². The van der Waals surface area contributed by atoms with Gasteiger partial charge in [0, 0.05) is 31.4 Å². The number of carbonyl (C=O) groups is 1. The fourth-order valence-corrected chi connectivity index (χ4v) is 3.78. The van der Waals surface area contributed by atoms with Gasteiger partial charge in [0.15, 0.2) is 0 Å². The summed E-state index contributed by atoms with van der Waals surface area (Å²) in [4.78, 5) is 18.9. The highest BCUT2D eigenvalue weighted by atomic mass is 32.2. The number of hydrogen-bond acceptors (Lipinski definition) is 8. The zero-order valence-electron chi connectivity index (χ0n) is 16.7. The summed E-state index contributed by atoms with van der Waals surface area (Å²) in [6.45, 7) is 2.55. The quantitative estimate of drug-likeness (QED) is 0.550. The van der Waals surface area contributed by atoms with Gasteiger partial charge in [-0.2, -0.15) is 0 Å². The van der Waals surface area contributed by atoms with Crippen molar-refractivity contribution in [3.8, 4) is 17.2 Å². The molecule has 0 radical (unpaired) electrons. The summed E-state index contributed by atoms with van der Waals surface area (Å²) in [5, 5.41) is 11.3. The van der Waals surface area contributed by atoms with Crippen molar-refractivity contribution in [2.24, 2.45) is 0 Å². The van der Waals surface area contributed by atoms with E-state index in [-0.39, 0.29) is 11.7 Å². The molecule has 1 aromatic carbocycles. The lowest BCUT2D eigenvalue weighted by Crippen LogP contribution is -2.25. The first-order valence-corrected chi connectivity index (χ1v) is 10.8. The molecule has 9 heteroatoms. The highest BCUT2D eigenvalue weighted by Crippen LogP contribution is 2.25. The minimum atomic E-state index is -0.0938. The molecule has 2 aromatic heterocycles. The molecular formula is C21H23N5O3S. The smallest absolute Gasteiger partial charge is 0.277 e. The molecule has 0 spiro atoms. The van der Waals surface area contributed by atoms with Gasteiger partial charge in [0.1, 0.15) is 11.6 Å². The zero-order chi connectivity index (χ0) is 20.8. The number of benzene rings is 1. The van der Waals surface area contributed by atoms with Crippen LogP contribution in [0.15, 0.2) is 52.2 Å². The highest BCUT2D eigenvalue weighted by molar-refractivity contribution is 7.99. The fraction of sp³-hybridized carbons (Fsp3) is 0.333. The van der Waals surface area contributed by atoms with Crippen LogP contribution >= 0.6 is 11.8 Å². The van der Waals surface area contributed by atoms with Gasteiger partial charge in [-0.15, -0.1) is 10.2 Å². The largest absolute Gasteiger partial charge is 0.497 e. The zero-order valence-corrected chi connectivity index (χ0v) is 17.5. The molecule has 1 fully saturated rings. The molecule has 0 saturated carbocycles. The van der Waals surface area contributed by atoms with Crippen LogP contribution in [0.4, 0.5) is 5.82 Å². The maximum absolute atomic E-state index is 12.2. The number of nitrogens with one attached hydrogen (secondary N) is 1. The van der Waals surface area contributed by atoms with Crippen LogP contribution in [0.25, 0.3) is 11.5 Å². The molecule has 0 bridgehead atoms. The summed E-state index contributed by atoms with van der Waals surface area (Å²) in [6, 6.07) is 11.3. The Bertz CT molecular complexity index is 986. The monoisotopic (exact) mass is 425 g/mol. The maximum Gasteiger partial charge on any atom is 0.277 e. The number of thioether (sulfide) groups is 1. The number of hydrogen-bond donors (Lipinski definition) is 1. The normalized spacial score (nSPS) is 13.4. The Morgan fingerprint density at radius 3 is 2.77 bits per heavy atom. The van der Waals surface area contributed by atoms with Crippen LogP contribution in [0.3, 0.4) is 0 Å². The summed E-state index contributed by atoms with van der Waals surface area (Å²) >= 11 is 1.21. The second-order valence-corrected chi connectivity index (χ2v) is 7.81. The molecular weight excluding hydrogens is 402 g/mol. The number of nitrogens with zero attached hydrogens (tertiary/aromatic N) is 4. The number of anilines is 1. The minimum absolute atomic E-state index is 0.0938. The SMILES string of the molecule is COc1ccc(-c2nnc(SCC(=O)NCc3ccnc(N4CCCC4)c3)o2)cc1. The van der Waals surface area contributed by atoms with E-state index in [2.05, 4.69) is 25.4 Å². The summed E-state index contributed by atoms with van der Waals surface area (Å²) < 4.78 is 10.8. The predicted molar refractivity (Wildman–Crippen MR) is 115 cm³/mol. The van der Waals surface area contributed by atoms with Gasteiger partial charge >= 0.3 is 0 Å². The van der Waals surface area contributed by atoms with Crippen molar-refractivity contribution < 1.29 is 13.9 Å². The van der Waals surface area contributed by atoms with E-state index in [0.717, 1.165) is 35.8 Å². The lowest BCUT2D eigenvalue weighted by Gasteiger charge is -2.16. The molecule has 1 aliphatic rings. The summed E-state index contributed by atoms with van der Waals surface area (Å²) in [6.07, 6.45) is 4.20. The lowest BCUT2D eigenvalue weighted by atomic mass is 10.2. The standard InChI is InChI=1S/C21H23N5O3S/c1-28-17-6-4-16(5-7-17)20-24-25-21(29-20)30-14-19(27)23-13-15-8-9-22-18(12-15)26-10-2-3-11-26/h4-9,12H,2-3,10-11,13-14H2,1H3,(H,23,27). The molecule has 3 heterocycles. The van der Waals surface area contributed by atoms with Gasteiger partial charge < -0.3 is 19.4 Å². The summed E-state index contributed by atoms with van der Waals surface area (Å²) in [5.74, 6) is 2.25. The third-order valence-corrected chi connectivity index (χ3v) is 5.62. The number of amides is 1. The number of rotatable bonds is 8. The molecule has 0 unspecified atom stereocenters. The maximum atomic E-state index is 12.2. The number of pyridine rings is 1. The van der Waals surface area contributed by atoms with Gasteiger partial charge in [-0.1, -0.05) is 11.8 Å². The van der Waals surface area contributed by atoms with E-state index in [1.165, 1.54) is 24.6 Å². The molecule has 0 atom stereocenters. The van der Waals surface area contributed by atoms with Crippen molar-refractivity contribution in [3.63, 3.8) is 0 Å². The second-order valence-electron chi connectivity index (χ2n) is 6.88. The van der Waals surface area contributed by atoms with E-state index in [4.69, 9.17) is 9.15 Å². The topological polar surface area (TPSA) is 93.4 Å². The number of aromatic nitrogens is 3. The summed E-state index contributed by atoms with van der Waals surface area (Å²) in [5.41, 5.74) is 1.83. The second kappa shape index (κ2) is 9.62. The molecule has 3 aromatic rings. The Kier molecular flexibility index (Phi) is 6.48. The Balaban J connectivity index is 1.26. The van der Waals surface area contributed by atoms with Crippen molar-refractivity contribution in [1.29, 1.82) is 0 Å². The third-order valence-electron chi connectivity index (χ3n) is 4.80. The van der Waals surface area contributed by atoms with Gasteiger partial charge in [-0.05, 0) is 54.8 Å². The van der Waals surface area contributed by atoms with Gasteiger partial charge in [-0.3, -0.25) is 4.79 Å². The first-order chi connectivity index (χ1) is 14.7. The number of methoxy groups -OCH3 is 1. The first-order valence-electron chi connectivity index (χ1n) is 9.78. The van der Waals surface area contributed by atoms with E-state index in [1.807, 2.05) is 36.4 Å². The molecule has 30 heavy (non-hydrogen) atoms. The third kappa shape index (κ3) is 5.10. The van der Waals surface area contributed by atoms with Crippen molar-refractivity contribution in [3.05, 3.63) is 48.2 Å². The molecule has 1 saturated heterocycles. The van der Waals surface area contributed by atoms with Crippen molar-refractivity contribution in [2.75, 3.05) is 30.9 Å². The van der Waals surface area contributed by atoms with E-state index in [0.29, 0.717) is 17.7 Å². The highest BCUT2D eigenvalue weighted by Gasteiger charge is 2.14. The Hall–Kier alpha value is -3.07. The van der Waals surface area contributed by atoms with E-state index < -0.39 is 0 Å². The molecule has 8 nitrogen and oxygen atoms in total. The van der Waals surface area contributed by atoms with E-state index >= 15 is 0 Å². The lowest BCUT2D eigenvalue weighted by molar-refractivity contribution is -0.118. The van der Waals surface area contributed by atoms with Crippen LogP contribution in [0.1, 0.15) is 18.4 Å². The molecule has 1 aliphatic heterocycles. The predicted octanol–water partition coefficient (Wildman–Crippen LogP) is 3.15. The summed E-state index contributed by atoms with van der Waals surface area (Å²) in [7, 11) is 1.61. The molecule has 1 N–H and O–H groups in total. The van der Waals surface area contributed by atoms with Crippen LogP contribution in [-0.2, 0) is 11.3 Å². The average Bonchev–Trinajstić information content (AvgIpc) is 3.49. The fourth-order valence-electron chi connectivity index (χ4n) is 3.19. The Morgan fingerprint density at radius 1 is 1.20 bits per heavy atom. The van der Waals surface area contributed by atoms with Crippen LogP contribution in [0.2, 0.25) is 0 Å². The van der Waals surface area contributed by atoms with Crippen LogP contribution in [0, 0.1) is 0 Å². The Labute approximate surface area is 179 Å². The Morgan fingerprint density at radius 2 is 2.00 bits per heavy atom. The minimum Gasteiger partial charge on any atom is -0.497 e. The van der Waals surface area contributed by atoms with Gasteiger partial charge in [-0.25, -0.2) is 4.98 Å². The molecule has 4 rings (SSSR count).